The highest BCUT2D eigenvalue weighted by atomic mass is 35.5. The second kappa shape index (κ2) is 7.61. The summed E-state index contributed by atoms with van der Waals surface area (Å²) in [6.07, 6.45) is 1.35. The SMILES string of the molecule is O=C(O)N1CCCN(c2cccc3c2ccn3S(=O)(=O)c2cccc(Cl)c2)CC1. The molecule has 0 spiro atoms. The molecule has 29 heavy (non-hydrogen) atoms. The summed E-state index contributed by atoms with van der Waals surface area (Å²) in [6, 6.07) is 13.5. The van der Waals surface area contributed by atoms with Crippen molar-refractivity contribution >= 4 is 44.3 Å². The Kier molecular flexibility index (Phi) is 5.14. The number of carboxylic acid groups (broad SMARTS) is 1. The van der Waals surface area contributed by atoms with Gasteiger partial charge in [0.15, 0.2) is 0 Å². The summed E-state index contributed by atoms with van der Waals surface area (Å²) in [4.78, 5) is 14.9. The Hall–Kier alpha value is -2.71. The lowest BCUT2D eigenvalue weighted by Gasteiger charge is -2.24. The molecule has 0 saturated carbocycles. The first kappa shape index (κ1) is 19.6. The van der Waals surface area contributed by atoms with Gasteiger partial charge in [-0.05, 0) is 42.8 Å². The summed E-state index contributed by atoms with van der Waals surface area (Å²) in [6.45, 7) is 2.16. The molecule has 152 valence electrons. The van der Waals surface area contributed by atoms with Crippen molar-refractivity contribution in [2.75, 3.05) is 31.1 Å². The molecule has 1 amide bonds. The summed E-state index contributed by atoms with van der Waals surface area (Å²) < 4.78 is 27.5. The zero-order valence-electron chi connectivity index (χ0n) is 15.5. The Bertz CT molecular complexity index is 1180. The lowest BCUT2D eigenvalue weighted by Crippen LogP contribution is -2.34. The molecule has 1 aliphatic heterocycles. The summed E-state index contributed by atoms with van der Waals surface area (Å²) in [5, 5.41) is 10.4. The third kappa shape index (κ3) is 3.65. The zero-order valence-corrected chi connectivity index (χ0v) is 17.1. The van der Waals surface area contributed by atoms with Gasteiger partial charge in [-0.3, -0.25) is 0 Å². The van der Waals surface area contributed by atoms with Crippen molar-refractivity contribution in [3.05, 3.63) is 59.8 Å². The van der Waals surface area contributed by atoms with E-state index < -0.39 is 16.1 Å². The molecule has 0 atom stereocenters. The molecule has 2 heterocycles. The van der Waals surface area contributed by atoms with Crippen LogP contribution in [0.25, 0.3) is 10.9 Å². The van der Waals surface area contributed by atoms with Crippen molar-refractivity contribution < 1.29 is 18.3 Å². The van der Waals surface area contributed by atoms with Gasteiger partial charge in [0.2, 0.25) is 0 Å². The predicted octanol–water partition coefficient (Wildman–Crippen LogP) is 3.72. The van der Waals surface area contributed by atoms with Crippen molar-refractivity contribution in [3.8, 4) is 0 Å². The van der Waals surface area contributed by atoms with Crippen LogP contribution in [0.4, 0.5) is 10.5 Å². The topological polar surface area (TPSA) is 82.8 Å². The average molecular weight is 434 g/mol. The van der Waals surface area contributed by atoms with Crippen molar-refractivity contribution in [2.45, 2.75) is 11.3 Å². The lowest BCUT2D eigenvalue weighted by atomic mass is 10.2. The first-order valence-electron chi connectivity index (χ1n) is 9.22. The van der Waals surface area contributed by atoms with Gasteiger partial charge >= 0.3 is 6.09 Å². The number of hydrogen-bond acceptors (Lipinski definition) is 4. The monoisotopic (exact) mass is 433 g/mol. The number of rotatable bonds is 3. The van der Waals surface area contributed by atoms with Gasteiger partial charge in [0.1, 0.15) is 0 Å². The third-order valence-corrected chi connectivity index (χ3v) is 7.06. The van der Waals surface area contributed by atoms with E-state index in [4.69, 9.17) is 11.6 Å². The fourth-order valence-electron chi connectivity index (χ4n) is 3.70. The number of hydrogen-bond donors (Lipinski definition) is 1. The van der Waals surface area contributed by atoms with Crippen LogP contribution in [-0.4, -0.2) is 54.7 Å². The average Bonchev–Trinajstić information content (AvgIpc) is 2.98. The van der Waals surface area contributed by atoms with E-state index in [1.54, 1.807) is 30.5 Å². The van der Waals surface area contributed by atoms with Crippen LogP contribution in [0, 0.1) is 0 Å². The zero-order chi connectivity index (χ0) is 20.6. The minimum absolute atomic E-state index is 0.125. The molecule has 0 bridgehead atoms. The Morgan fingerprint density at radius 3 is 2.55 bits per heavy atom. The lowest BCUT2D eigenvalue weighted by molar-refractivity contribution is 0.148. The van der Waals surface area contributed by atoms with E-state index in [1.807, 2.05) is 12.1 Å². The smallest absolute Gasteiger partial charge is 0.407 e. The van der Waals surface area contributed by atoms with E-state index >= 15 is 0 Å². The van der Waals surface area contributed by atoms with Gasteiger partial charge in [0, 0.05) is 48.5 Å². The quantitative estimate of drug-likeness (QED) is 0.680. The fourth-order valence-corrected chi connectivity index (χ4v) is 5.35. The molecule has 0 radical (unpaired) electrons. The van der Waals surface area contributed by atoms with Gasteiger partial charge in [0.05, 0.1) is 10.4 Å². The van der Waals surface area contributed by atoms with Crippen LogP contribution in [-0.2, 0) is 10.0 Å². The van der Waals surface area contributed by atoms with Crippen molar-refractivity contribution in [3.63, 3.8) is 0 Å². The molecule has 4 rings (SSSR count). The highest BCUT2D eigenvalue weighted by Gasteiger charge is 2.23. The molecular weight excluding hydrogens is 414 g/mol. The first-order chi connectivity index (χ1) is 13.9. The Balaban J connectivity index is 1.73. The normalized spacial score (nSPS) is 15.5. The molecule has 1 fully saturated rings. The van der Waals surface area contributed by atoms with Gasteiger partial charge in [-0.2, -0.15) is 0 Å². The van der Waals surface area contributed by atoms with Crippen LogP contribution in [0.15, 0.2) is 59.6 Å². The molecule has 3 aromatic rings. The van der Waals surface area contributed by atoms with E-state index in [0.29, 0.717) is 43.1 Å². The summed E-state index contributed by atoms with van der Waals surface area (Å²) in [5.41, 5.74) is 1.47. The maximum atomic E-state index is 13.1. The minimum atomic E-state index is -3.79. The Morgan fingerprint density at radius 2 is 1.79 bits per heavy atom. The van der Waals surface area contributed by atoms with Crippen LogP contribution in [0.1, 0.15) is 6.42 Å². The third-order valence-electron chi connectivity index (χ3n) is 5.13. The number of aromatic nitrogens is 1. The van der Waals surface area contributed by atoms with Gasteiger partial charge in [-0.25, -0.2) is 17.2 Å². The minimum Gasteiger partial charge on any atom is -0.465 e. The van der Waals surface area contributed by atoms with E-state index in [-0.39, 0.29) is 4.90 Å². The summed E-state index contributed by atoms with van der Waals surface area (Å²) >= 11 is 5.98. The number of fused-ring (bicyclic) bond motifs is 1. The maximum absolute atomic E-state index is 13.1. The highest BCUT2D eigenvalue weighted by molar-refractivity contribution is 7.90. The maximum Gasteiger partial charge on any atom is 0.407 e. The van der Waals surface area contributed by atoms with Gasteiger partial charge in [0.25, 0.3) is 10.0 Å². The standard InChI is InChI=1S/C20H20ClN3O4S/c21-15-4-1-5-16(14-15)29(27,28)24-11-8-17-18(6-2-7-19(17)24)22-9-3-10-23(13-12-22)20(25)26/h1-2,4-8,11,14H,3,9-10,12-13H2,(H,25,26). The molecule has 0 aliphatic carbocycles. The second-order valence-corrected chi connectivity index (χ2v) is 9.15. The van der Waals surface area contributed by atoms with Gasteiger partial charge in [-0.1, -0.05) is 23.7 Å². The molecule has 1 N–H and O–H groups in total. The molecule has 1 aromatic heterocycles. The van der Waals surface area contributed by atoms with E-state index in [0.717, 1.165) is 11.1 Å². The molecular formula is C20H20ClN3O4S. The number of carbonyl (C=O) groups is 1. The van der Waals surface area contributed by atoms with Crippen LogP contribution >= 0.6 is 11.6 Å². The van der Waals surface area contributed by atoms with Crippen molar-refractivity contribution in [2.24, 2.45) is 0 Å². The van der Waals surface area contributed by atoms with E-state index in [2.05, 4.69) is 4.90 Å². The Labute approximate surface area is 173 Å². The highest BCUT2D eigenvalue weighted by Crippen LogP contribution is 2.31. The van der Waals surface area contributed by atoms with Crippen LogP contribution in [0.2, 0.25) is 5.02 Å². The van der Waals surface area contributed by atoms with Crippen molar-refractivity contribution in [1.82, 2.24) is 8.87 Å². The van der Waals surface area contributed by atoms with Crippen LogP contribution in [0.5, 0.6) is 0 Å². The van der Waals surface area contributed by atoms with Crippen LogP contribution < -0.4 is 4.90 Å². The molecule has 2 aromatic carbocycles. The molecule has 1 saturated heterocycles. The molecule has 9 heteroatoms. The fraction of sp³-hybridized carbons (Fsp3) is 0.250. The predicted molar refractivity (Wildman–Crippen MR) is 112 cm³/mol. The molecule has 7 nitrogen and oxygen atoms in total. The Morgan fingerprint density at radius 1 is 1.00 bits per heavy atom. The number of nitrogens with zero attached hydrogens (tertiary/aromatic N) is 3. The summed E-state index contributed by atoms with van der Waals surface area (Å²) in [5.74, 6) is 0. The number of halogens is 1. The van der Waals surface area contributed by atoms with Gasteiger partial charge < -0.3 is 14.9 Å². The van der Waals surface area contributed by atoms with Gasteiger partial charge in [-0.15, -0.1) is 0 Å². The first-order valence-corrected chi connectivity index (χ1v) is 11.0. The number of benzene rings is 2. The number of amides is 1. The van der Waals surface area contributed by atoms with Crippen LogP contribution in [0.3, 0.4) is 0 Å². The van der Waals surface area contributed by atoms with E-state index in [1.165, 1.54) is 21.0 Å². The molecule has 0 unspecified atom stereocenters. The second-order valence-electron chi connectivity index (χ2n) is 6.89. The summed E-state index contributed by atoms with van der Waals surface area (Å²) in [7, 11) is -3.79. The van der Waals surface area contributed by atoms with Crippen molar-refractivity contribution in [1.29, 1.82) is 0 Å². The molecule has 1 aliphatic rings. The largest absolute Gasteiger partial charge is 0.465 e. The number of anilines is 1. The van der Waals surface area contributed by atoms with E-state index in [9.17, 15) is 18.3 Å².